The van der Waals surface area contributed by atoms with Crippen molar-refractivity contribution < 1.29 is 0 Å². The molecule has 0 aromatic carbocycles. The summed E-state index contributed by atoms with van der Waals surface area (Å²) in [6, 6.07) is 0. The zero-order valence-corrected chi connectivity index (χ0v) is 8.34. The first-order valence-corrected chi connectivity index (χ1v) is 5.40. The summed E-state index contributed by atoms with van der Waals surface area (Å²) in [5.74, 6) is 1.90. The van der Waals surface area contributed by atoms with E-state index in [1.54, 1.807) is 0 Å². The summed E-state index contributed by atoms with van der Waals surface area (Å²) in [4.78, 5) is 0. The molecule has 1 saturated carbocycles. The fourth-order valence-corrected chi connectivity index (χ4v) is 3.10. The molecular formula is C12H20. The van der Waals surface area contributed by atoms with E-state index in [-0.39, 0.29) is 0 Å². The van der Waals surface area contributed by atoms with E-state index in [0.29, 0.717) is 5.41 Å². The highest BCUT2D eigenvalue weighted by Gasteiger charge is 2.39. The molecule has 2 rings (SSSR count). The van der Waals surface area contributed by atoms with Crippen LogP contribution in [0.25, 0.3) is 0 Å². The highest BCUT2D eigenvalue weighted by atomic mass is 14.4. The summed E-state index contributed by atoms with van der Waals surface area (Å²) in [7, 11) is 0. The molecule has 0 radical (unpaired) electrons. The molecule has 68 valence electrons. The number of allylic oxidation sites excluding steroid dienone is 2. The van der Waals surface area contributed by atoms with Crippen molar-refractivity contribution in [1.29, 1.82) is 0 Å². The van der Waals surface area contributed by atoms with Crippen LogP contribution in [-0.4, -0.2) is 0 Å². The molecule has 0 nitrogen and oxygen atoms in total. The zero-order valence-electron chi connectivity index (χ0n) is 8.34. The highest BCUT2D eigenvalue weighted by Crippen LogP contribution is 2.50. The number of rotatable bonds is 0. The molecule has 0 N–H and O–H groups in total. The van der Waals surface area contributed by atoms with Gasteiger partial charge in [0.05, 0.1) is 0 Å². The Morgan fingerprint density at radius 1 is 1.17 bits per heavy atom. The predicted molar refractivity (Wildman–Crippen MR) is 53.0 cm³/mol. The largest absolute Gasteiger partial charge is 0.0880 e. The minimum atomic E-state index is 0.636. The van der Waals surface area contributed by atoms with Gasteiger partial charge >= 0.3 is 0 Å². The van der Waals surface area contributed by atoms with E-state index in [9.17, 15) is 0 Å². The molecule has 0 saturated heterocycles. The quantitative estimate of drug-likeness (QED) is 0.478. The molecule has 0 amide bonds. The fraction of sp³-hybridized carbons (Fsp3) is 0.833. The minimum Gasteiger partial charge on any atom is -0.0880 e. The minimum absolute atomic E-state index is 0.636. The van der Waals surface area contributed by atoms with Crippen LogP contribution in [0.15, 0.2) is 12.2 Å². The average Bonchev–Trinajstić information content (AvgIpc) is 2.29. The topological polar surface area (TPSA) is 0 Å². The van der Waals surface area contributed by atoms with Crippen LogP contribution in [0.1, 0.15) is 46.0 Å². The molecule has 2 aliphatic carbocycles. The van der Waals surface area contributed by atoms with Gasteiger partial charge < -0.3 is 0 Å². The summed E-state index contributed by atoms with van der Waals surface area (Å²) >= 11 is 0. The van der Waals surface area contributed by atoms with Gasteiger partial charge in [0.15, 0.2) is 0 Å². The van der Waals surface area contributed by atoms with Crippen molar-refractivity contribution in [2.24, 2.45) is 17.3 Å². The Morgan fingerprint density at radius 2 is 1.83 bits per heavy atom. The van der Waals surface area contributed by atoms with E-state index < -0.39 is 0 Å². The van der Waals surface area contributed by atoms with Crippen molar-refractivity contribution >= 4 is 0 Å². The van der Waals surface area contributed by atoms with Crippen molar-refractivity contribution in [2.75, 3.05) is 0 Å². The van der Waals surface area contributed by atoms with E-state index in [4.69, 9.17) is 0 Å². The SMILES string of the molecule is CC1CC2(C=CCCC2)CC1C. The molecule has 2 atom stereocenters. The Kier molecular flexibility index (Phi) is 2.02. The van der Waals surface area contributed by atoms with Gasteiger partial charge in [0.2, 0.25) is 0 Å². The summed E-state index contributed by atoms with van der Waals surface area (Å²) in [5, 5.41) is 0. The van der Waals surface area contributed by atoms with Gasteiger partial charge in [0.25, 0.3) is 0 Å². The van der Waals surface area contributed by atoms with Crippen LogP contribution < -0.4 is 0 Å². The van der Waals surface area contributed by atoms with Gasteiger partial charge in [0, 0.05) is 0 Å². The van der Waals surface area contributed by atoms with E-state index >= 15 is 0 Å². The van der Waals surface area contributed by atoms with Gasteiger partial charge in [-0.05, 0) is 49.4 Å². The van der Waals surface area contributed by atoms with E-state index in [1.165, 1.54) is 32.1 Å². The van der Waals surface area contributed by atoms with Gasteiger partial charge in [0.1, 0.15) is 0 Å². The van der Waals surface area contributed by atoms with Crippen molar-refractivity contribution in [2.45, 2.75) is 46.0 Å². The molecule has 0 heterocycles. The maximum Gasteiger partial charge on any atom is -0.0113 e. The molecule has 2 aliphatic rings. The average molecular weight is 164 g/mol. The first-order valence-electron chi connectivity index (χ1n) is 5.40. The van der Waals surface area contributed by atoms with Crippen LogP contribution in [0.4, 0.5) is 0 Å². The molecule has 0 aromatic rings. The summed E-state index contributed by atoms with van der Waals surface area (Å²) < 4.78 is 0. The number of hydrogen-bond donors (Lipinski definition) is 0. The van der Waals surface area contributed by atoms with E-state index in [0.717, 1.165) is 11.8 Å². The molecular weight excluding hydrogens is 144 g/mol. The van der Waals surface area contributed by atoms with Gasteiger partial charge in [-0.3, -0.25) is 0 Å². The summed E-state index contributed by atoms with van der Waals surface area (Å²) in [6.45, 7) is 4.84. The van der Waals surface area contributed by atoms with Crippen molar-refractivity contribution in [3.63, 3.8) is 0 Å². The number of hydrogen-bond acceptors (Lipinski definition) is 0. The Balaban J connectivity index is 2.12. The molecule has 12 heavy (non-hydrogen) atoms. The highest BCUT2D eigenvalue weighted by molar-refractivity contribution is 5.08. The van der Waals surface area contributed by atoms with E-state index in [2.05, 4.69) is 26.0 Å². The monoisotopic (exact) mass is 164 g/mol. The Labute approximate surface area is 76.1 Å². The third-order valence-corrected chi connectivity index (χ3v) is 3.95. The van der Waals surface area contributed by atoms with Crippen molar-refractivity contribution in [3.8, 4) is 0 Å². The van der Waals surface area contributed by atoms with Gasteiger partial charge in [-0.15, -0.1) is 0 Å². The Hall–Kier alpha value is -0.260. The lowest BCUT2D eigenvalue weighted by molar-refractivity contribution is 0.324. The maximum atomic E-state index is 2.52. The molecule has 1 fully saturated rings. The smallest absolute Gasteiger partial charge is 0.0113 e. The van der Waals surface area contributed by atoms with Crippen LogP contribution in [0, 0.1) is 17.3 Å². The van der Waals surface area contributed by atoms with Crippen LogP contribution >= 0.6 is 0 Å². The lowest BCUT2D eigenvalue weighted by atomic mass is 9.77. The first-order chi connectivity index (χ1) is 5.72. The Morgan fingerprint density at radius 3 is 2.33 bits per heavy atom. The van der Waals surface area contributed by atoms with Crippen molar-refractivity contribution in [1.82, 2.24) is 0 Å². The lowest BCUT2D eigenvalue weighted by Crippen LogP contribution is -2.16. The second kappa shape index (κ2) is 2.90. The predicted octanol–water partition coefficient (Wildman–Crippen LogP) is 3.78. The van der Waals surface area contributed by atoms with Gasteiger partial charge in [-0.1, -0.05) is 26.0 Å². The van der Waals surface area contributed by atoms with Gasteiger partial charge in [-0.2, -0.15) is 0 Å². The Bertz CT molecular complexity index is 180. The molecule has 1 spiro atoms. The normalized spacial score (nSPS) is 47.2. The molecule has 2 unspecified atom stereocenters. The molecule has 0 aliphatic heterocycles. The second-order valence-corrected chi connectivity index (χ2v) is 5.02. The van der Waals surface area contributed by atoms with Crippen LogP contribution in [0.3, 0.4) is 0 Å². The third kappa shape index (κ3) is 1.32. The molecule has 0 bridgehead atoms. The van der Waals surface area contributed by atoms with Crippen LogP contribution in [0.2, 0.25) is 0 Å². The first kappa shape index (κ1) is 8.34. The summed E-state index contributed by atoms with van der Waals surface area (Å²) in [5.41, 5.74) is 0.636. The molecule has 0 heteroatoms. The lowest BCUT2D eigenvalue weighted by Gasteiger charge is -2.28. The third-order valence-electron chi connectivity index (χ3n) is 3.95. The van der Waals surface area contributed by atoms with Gasteiger partial charge in [-0.25, -0.2) is 0 Å². The van der Waals surface area contributed by atoms with Crippen LogP contribution in [-0.2, 0) is 0 Å². The zero-order chi connectivity index (χ0) is 8.60. The van der Waals surface area contributed by atoms with E-state index in [1.807, 2.05) is 0 Å². The van der Waals surface area contributed by atoms with Crippen LogP contribution in [0.5, 0.6) is 0 Å². The molecule has 0 aromatic heterocycles. The fourth-order valence-electron chi connectivity index (χ4n) is 3.10. The standard InChI is InChI=1S/C12H20/c1-10-8-12(9-11(10)2)6-4-3-5-7-12/h4,6,10-11H,3,5,7-9H2,1-2H3. The second-order valence-electron chi connectivity index (χ2n) is 5.02. The summed E-state index contributed by atoms with van der Waals surface area (Å²) in [6.07, 6.45) is 12.0. The van der Waals surface area contributed by atoms with Crippen molar-refractivity contribution in [3.05, 3.63) is 12.2 Å². The maximum absolute atomic E-state index is 2.52.